The van der Waals surface area contributed by atoms with E-state index in [9.17, 15) is 50.8 Å². The van der Waals surface area contributed by atoms with Gasteiger partial charge in [0.15, 0.2) is 56.0 Å². The molecule has 9 N–H and O–H groups in total. The maximum absolute atomic E-state index is 12.6. The summed E-state index contributed by atoms with van der Waals surface area (Å²) < 4.78 is 69.9. The molecule has 0 aliphatic carbocycles. The minimum absolute atomic E-state index is 0. The van der Waals surface area contributed by atoms with Gasteiger partial charge in [0.25, 0.3) is 0 Å². The van der Waals surface area contributed by atoms with Crippen molar-refractivity contribution in [1.29, 1.82) is 0 Å². The number of halogens is 1. The van der Waals surface area contributed by atoms with E-state index in [0.29, 0.717) is 18.4 Å². The Morgan fingerprint density at radius 2 is 0.756 bits per heavy atom. The van der Waals surface area contributed by atoms with Crippen LogP contribution in [0.1, 0.15) is 153 Å². The molecule has 4 aromatic carbocycles. The van der Waals surface area contributed by atoms with Crippen LogP contribution in [0.4, 0.5) is 0 Å². The number of cyclic esters (lactones) is 1. The molecule has 0 saturated carbocycles. The van der Waals surface area contributed by atoms with Crippen LogP contribution in [0.3, 0.4) is 0 Å². The van der Waals surface area contributed by atoms with E-state index in [0.717, 1.165) is 83.7 Å². The number of benzene rings is 4. The van der Waals surface area contributed by atoms with Gasteiger partial charge in [-0.1, -0.05) is 145 Å². The summed E-state index contributed by atoms with van der Waals surface area (Å²) in [6, 6.07) is 49.2. The summed E-state index contributed by atoms with van der Waals surface area (Å²) in [5, 5.41) is 92.4. The fraction of sp³-hybridized carbons (Fsp3) is 0.586. The lowest BCUT2D eigenvalue weighted by Crippen LogP contribution is -2.68. The van der Waals surface area contributed by atoms with E-state index in [4.69, 9.17) is 50.2 Å². The highest BCUT2D eigenvalue weighted by atomic mass is 79.9. The molecule has 0 radical (unpaired) electrons. The maximum Gasteiger partial charge on any atom is 0.337 e. The molecule has 4 aromatic heterocycles. The van der Waals surface area contributed by atoms with Crippen LogP contribution >= 0.6 is 61.3 Å². The lowest BCUT2D eigenvalue weighted by Gasteiger charge is -2.54. The highest BCUT2D eigenvalue weighted by Crippen LogP contribution is 2.46. The standard InChI is InChI=1S/C29H50O5SSi3.C20H26O6S.C19H24O5S.C16H36O5Si3.C13H13BrS.2CH4/c1-12-23-17-18-24(35-23)20-21-15-14-16-22(19-21)29(30)28(34-38(9,10)11)27(33-37(6,7)8)26(25(13-2)31-29)32-36(3,4)5;1-3-14-7-8-15(27-14)10-12-5-4-6-13(9-12)20(25-2)19(24)18(23)17(22)16(11-21)26-20;1-2-13-6-7-14(25-13)9-11-4-3-5-12(8-11)19-18(23)17(22)16(21)15(10-20)24-19;1-11-12-13(19-22(2,3)4)14(20-23(5,6)7)15(16(17)18-12)21-24(8,9)10;1-2-12-6-7-13(15-12)9-10-4-3-5-11(14)8-10;;/h14-19,25-28,30H,12-13,20H2,1-11H3;4-9,16-19,21-24H,3,10-11H2,1-2H3;3-8,15-23H,2,9-10H2,1H3;12-15H,11H2,1-10H3;3-8H,2,9H2,1H3;2*1H4/t25-,26-,27+,28-,29?;16-,17-,18+,19-,20?;15-,16-,17+,18-,19?;12-,13-,14+,15-;;;/m1111.../s1. The highest BCUT2D eigenvalue weighted by molar-refractivity contribution is 9.10. The van der Waals surface area contributed by atoms with Crippen LogP contribution in [0.15, 0.2) is 150 Å². The van der Waals surface area contributed by atoms with Crippen molar-refractivity contribution in [3.63, 3.8) is 0 Å². The number of aliphatic hydroxyl groups excluding tert-OH is 8. The van der Waals surface area contributed by atoms with Crippen LogP contribution in [-0.2, 0) is 118 Å². The van der Waals surface area contributed by atoms with Gasteiger partial charge in [-0.15, -0.1) is 45.3 Å². The van der Waals surface area contributed by atoms with Crippen LogP contribution in [-0.4, -0.2) is 220 Å². The number of hydrogen-bond donors (Lipinski definition) is 9. The molecule has 0 amide bonds. The Bertz CT molecular complexity index is 4740. The molecule has 734 valence electrons. The van der Waals surface area contributed by atoms with Crippen molar-refractivity contribution in [2.45, 2.75) is 354 Å². The van der Waals surface area contributed by atoms with Crippen molar-refractivity contribution in [2.24, 2.45) is 0 Å². The third-order valence-corrected chi connectivity index (χ3v) is 32.9. The average Bonchev–Trinajstić information content (AvgIpc) is 1.31. The Morgan fingerprint density at radius 3 is 1.15 bits per heavy atom. The van der Waals surface area contributed by atoms with Gasteiger partial charge in [0.2, 0.25) is 11.6 Å². The molecule has 4 aliphatic rings. The lowest BCUT2D eigenvalue weighted by molar-refractivity contribution is -0.366. The molecule has 4 aliphatic heterocycles. The quantitative estimate of drug-likeness (QED) is 0.0140. The minimum atomic E-state index is -2.13. The predicted octanol–water partition coefficient (Wildman–Crippen LogP) is 20.0. The predicted molar refractivity (Wildman–Crippen MR) is 553 cm³/mol. The van der Waals surface area contributed by atoms with Gasteiger partial charge >= 0.3 is 5.97 Å². The van der Waals surface area contributed by atoms with E-state index < -0.39 is 148 Å². The molecule has 0 bridgehead atoms. The van der Waals surface area contributed by atoms with Crippen molar-refractivity contribution in [3.8, 4) is 0 Å². The fourth-order valence-corrected chi connectivity index (χ4v) is 26.7. The van der Waals surface area contributed by atoms with Gasteiger partial charge in [-0.25, -0.2) is 4.79 Å². The molecule has 4 fully saturated rings. The Kier molecular flexibility index (Phi) is 45.0. The highest BCUT2D eigenvalue weighted by Gasteiger charge is 2.60. The number of aliphatic hydroxyl groups is 9. The van der Waals surface area contributed by atoms with Gasteiger partial charge in [0.1, 0.15) is 85.5 Å². The third-order valence-electron chi connectivity index (χ3n) is 21.7. The summed E-state index contributed by atoms with van der Waals surface area (Å²) in [5.74, 6) is -3.63. The Balaban J connectivity index is 0.000000258. The van der Waals surface area contributed by atoms with Crippen molar-refractivity contribution < 1.29 is 101 Å². The zero-order valence-corrected chi connectivity index (χ0v) is 91.4. The number of rotatable bonds is 32. The van der Waals surface area contributed by atoms with E-state index in [1.165, 1.54) is 51.7 Å². The number of ether oxygens (including phenoxy) is 5. The molecule has 8 heterocycles. The normalized spacial score (nSPS) is 26.6. The van der Waals surface area contributed by atoms with Gasteiger partial charge < -0.3 is 96.2 Å². The zero-order valence-electron chi connectivity index (χ0n) is 80.6. The Morgan fingerprint density at radius 1 is 0.389 bits per heavy atom. The number of esters is 1. The molecule has 131 heavy (non-hydrogen) atoms. The number of methoxy groups -OCH3 is 1. The molecule has 8 aromatic rings. The molecular formula is C99H157BrO21S4Si6. The van der Waals surface area contributed by atoms with Gasteiger partial charge in [-0.3, -0.25) is 0 Å². The van der Waals surface area contributed by atoms with Crippen LogP contribution < -0.4 is 0 Å². The molecule has 32 heteroatoms. The van der Waals surface area contributed by atoms with E-state index >= 15 is 0 Å². The topological polar surface area (TPSA) is 301 Å². The van der Waals surface area contributed by atoms with Gasteiger partial charge in [0.05, 0.1) is 25.4 Å². The summed E-state index contributed by atoms with van der Waals surface area (Å²) in [4.78, 5) is 23.4. The molecular weight excluding hydrogens is 1900 g/mol. The minimum Gasteiger partial charge on any atom is -0.458 e. The molecule has 12 rings (SSSR count). The van der Waals surface area contributed by atoms with Gasteiger partial charge in [-0.05, 0) is 257 Å². The van der Waals surface area contributed by atoms with E-state index in [-0.39, 0.29) is 51.3 Å². The van der Waals surface area contributed by atoms with Crippen LogP contribution in [0.25, 0.3) is 0 Å². The third kappa shape index (κ3) is 34.0. The summed E-state index contributed by atoms with van der Waals surface area (Å²) in [6.07, 6.45) is -5.47. The Labute approximate surface area is 813 Å². The van der Waals surface area contributed by atoms with Crippen LogP contribution in [0.5, 0.6) is 0 Å². The summed E-state index contributed by atoms with van der Waals surface area (Å²) in [5.41, 5.74) is 6.57. The number of aryl methyl sites for hydroxylation is 4. The molecule has 19 atom stereocenters. The summed E-state index contributed by atoms with van der Waals surface area (Å²) in [6.45, 7) is 50.5. The zero-order chi connectivity index (χ0) is 95.7. The molecule has 21 nitrogen and oxygen atoms in total. The molecule has 0 spiro atoms. The van der Waals surface area contributed by atoms with Crippen molar-refractivity contribution in [1.82, 2.24) is 0 Å². The van der Waals surface area contributed by atoms with E-state index in [1.807, 2.05) is 84.2 Å². The fourth-order valence-electron chi connectivity index (χ4n) is 15.8. The van der Waals surface area contributed by atoms with Crippen LogP contribution in [0.2, 0.25) is 118 Å². The first-order chi connectivity index (χ1) is 60.3. The van der Waals surface area contributed by atoms with Gasteiger partial charge in [-0.2, -0.15) is 0 Å². The second-order valence-corrected chi connectivity index (χ2v) is 72.2. The number of carbonyl (C=O) groups is 1. The van der Waals surface area contributed by atoms with Crippen LogP contribution in [0, 0.1) is 0 Å². The monoisotopic (exact) mass is 2060 g/mol. The molecule has 3 unspecified atom stereocenters. The summed E-state index contributed by atoms with van der Waals surface area (Å²) in [7, 11) is -10.4. The van der Waals surface area contributed by atoms with Crippen molar-refractivity contribution in [2.75, 3.05) is 20.3 Å². The first-order valence-electron chi connectivity index (χ1n) is 45.5. The number of thiophene rings is 4. The number of carbonyl (C=O) groups excluding carboxylic acids is 1. The lowest BCUT2D eigenvalue weighted by atomic mass is 9.86. The van der Waals surface area contributed by atoms with Crippen molar-refractivity contribution >= 4 is 117 Å². The first kappa shape index (κ1) is 116. The number of hydrogen-bond acceptors (Lipinski definition) is 25. The second-order valence-electron chi connectivity index (χ2n) is 39.5. The average molecular weight is 2060 g/mol. The second kappa shape index (κ2) is 50.8. The first-order valence-corrected chi connectivity index (χ1v) is 70.0. The van der Waals surface area contributed by atoms with E-state index in [1.54, 1.807) is 28.7 Å². The SMILES string of the molecule is C.C.CC[C@H]1OC(=O)[C@H](O[Si](C)(C)C)[C@@H](O[Si](C)(C)C)[C@@H]1O[Si](C)(C)C.CCc1ccc(Cc2cccc(Br)c2)s1.CCc1ccc(Cc2cccc(C3(O)O[C@H](CC)[C@@H](O[Si](C)(C)C)[C@H](O[Si](C)(C)C)[C@H]3O[Si](C)(C)C)c2)s1.CCc1ccc(Cc2cccc(C3(OC)O[C@H](CO)[C@@H](O)[C@H](O)[C@H]3O)c2)s1.CCc1ccc(Cc2cccc(C3O[C@H](CO)[C@@H](O)[C@H](O)[C@H]3O)c2)s1. The Hall–Kier alpha value is -3.83. The largest absolute Gasteiger partial charge is 0.458 e. The summed E-state index contributed by atoms with van der Waals surface area (Å²) >= 11 is 10.8. The maximum atomic E-state index is 12.6. The van der Waals surface area contributed by atoms with Gasteiger partial charge in [0, 0.05) is 87.4 Å². The smallest absolute Gasteiger partial charge is 0.337 e. The van der Waals surface area contributed by atoms with Crippen molar-refractivity contribution in [3.05, 3.63) is 228 Å². The van der Waals surface area contributed by atoms with E-state index in [2.05, 4.69) is 253 Å². The molecule has 4 saturated heterocycles.